The minimum atomic E-state index is -0.693. The van der Waals surface area contributed by atoms with Gasteiger partial charge in [0.05, 0.1) is 5.02 Å². The van der Waals surface area contributed by atoms with Gasteiger partial charge in [-0.25, -0.2) is 0 Å². The van der Waals surface area contributed by atoms with Crippen LogP contribution in [-0.2, 0) is 0 Å². The van der Waals surface area contributed by atoms with Crippen LogP contribution in [0.5, 0.6) is 11.5 Å². The number of hydrogen-bond acceptors (Lipinski definition) is 3. The summed E-state index contributed by atoms with van der Waals surface area (Å²) >= 11 is 5.94. The third-order valence-electron chi connectivity index (χ3n) is 2.12. The molecule has 0 aromatic heterocycles. The smallest absolute Gasteiger partial charge is 0.246 e. The van der Waals surface area contributed by atoms with Gasteiger partial charge in [0.25, 0.3) is 0 Å². The fourth-order valence-corrected chi connectivity index (χ4v) is 1.80. The molecule has 1 heterocycles. The maximum atomic E-state index is 11.2. The van der Waals surface area contributed by atoms with Crippen LogP contribution in [0.3, 0.4) is 0 Å². The van der Waals surface area contributed by atoms with Crippen LogP contribution in [0, 0.1) is 0 Å². The second-order valence-corrected chi connectivity index (χ2v) is 4.35. The summed E-state index contributed by atoms with van der Waals surface area (Å²) in [5, 5.41) is 0.391. The van der Waals surface area contributed by atoms with Crippen molar-refractivity contribution in [3.63, 3.8) is 0 Å². The molecule has 1 aromatic carbocycles. The topological polar surface area (TPSA) is 35.5 Å². The van der Waals surface area contributed by atoms with Gasteiger partial charge in [0, 0.05) is 25.5 Å². The summed E-state index contributed by atoms with van der Waals surface area (Å²) in [4.78, 5) is 11.2. The number of rotatable bonds is 1. The van der Waals surface area contributed by atoms with Crippen molar-refractivity contribution < 1.29 is 14.3 Å². The Hall–Kier alpha value is -1.22. The lowest BCUT2D eigenvalue weighted by atomic mass is 10.1. The predicted octanol–water partition coefficient (Wildman–Crippen LogP) is 3.05. The number of fused-ring (bicyclic) bond motifs is 1. The van der Waals surface area contributed by atoms with Crippen LogP contribution in [0.15, 0.2) is 12.1 Å². The maximum Gasteiger partial charge on any atom is 0.246 e. The molecule has 1 aliphatic rings. The van der Waals surface area contributed by atoms with Gasteiger partial charge >= 0.3 is 0 Å². The molecule has 0 saturated carbocycles. The number of ether oxygens (including phenoxy) is 2. The molecule has 0 bridgehead atoms. The van der Waals surface area contributed by atoms with Crippen LogP contribution in [0.25, 0.3) is 0 Å². The Morgan fingerprint density at radius 2 is 1.80 bits per heavy atom. The van der Waals surface area contributed by atoms with E-state index in [0.717, 1.165) is 0 Å². The van der Waals surface area contributed by atoms with Gasteiger partial charge in [-0.1, -0.05) is 11.6 Å². The summed E-state index contributed by atoms with van der Waals surface area (Å²) in [5.41, 5.74) is 0.455. The van der Waals surface area contributed by atoms with E-state index in [9.17, 15) is 4.79 Å². The van der Waals surface area contributed by atoms with Gasteiger partial charge in [-0.05, 0) is 13.0 Å². The number of Topliss-reactive ketones (excluding diaryl/α,β-unsaturated/α-hetero) is 1. The van der Waals surface area contributed by atoms with Crippen molar-refractivity contribution in [2.45, 2.75) is 26.6 Å². The molecule has 0 saturated heterocycles. The third-order valence-corrected chi connectivity index (χ3v) is 2.44. The van der Waals surface area contributed by atoms with Crippen molar-refractivity contribution in [2.75, 3.05) is 0 Å². The first kappa shape index (κ1) is 10.3. The normalized spacial score (nSPS) is 16.5. The summed E-state index contributed by atoms with van der Waals surface area (Å²) in [6.07, 6.45) is 0. The molecule has 1 aliphatic heterocycles. The molecule has 2 rings (SSSR count). The van der Waals surface area contributed by atoms with Crippen LogP contribution in [0.2, 0.25) is 5.02 Å². The lowest BCUT2D eigenvalue weighted by Crippen LogP contribution is -2.29. The molecule has 0 fully saturated rings. The number of halogens is 1. The number of hydrogen-bond donors (Lipinski definition) is 0. The van der Waals surface area contributed by atoms with Gasteiger partial charge in [0.15, 0.2) is 17.3 Å². The van der Waals surface area contributed by atoms with Crippen LogP contribution < -0.4 is 9.47 Å². The monoisotopic (exact) mass is 226 g/mol. The summed E-state index contributed by atoms with van der Waals surface area (Å²) in [6.45, 7) is 5.07. The largest absolute Gasteiger partial charge is 0.449 e. The standard InChI is InChI=1S/C11H11ClO3/c1-6(13)7-4-9-10(5-8(7)12)15-11(2,3)14-9/h4-5H,1-3H3. The van der Waals surface area contributed by atoms with Gasteiger partial charge < -0.3 is 9.47 Å². The van der Waals surface area contributed by atoms with Crippen molar-refractivity contribution in [1.29, 1.82) is 0 Å². The second-order valence-electron chi connectivity index (χ2n) is 3.94. The van der Waals surface area contributed by atoms with Gasteiger partial charge in [-0.3, -0.25) is 4.79 Å². The number of carbonyl (C=O) groups excluding carboxylic acids is 1. The van der Waals surface area contributed by atoms with Crippen molar-refractivity contribution in [3.05, 3.63) is 22.7 Å². The summed E-state index contributed by atoms with van der Waals surface area (Å²) < 4.78 is 11.0. The molecular weight excluding hydrogens is 216 g/mol. The lowest BCUT2D eigenvalue weighted by Gasteiger charge is -2.16. The minimum Gasteiger partial charge on any atom is -0.449 e. The molecule has 4 heteroatoms. The number of carbonyl (C=O) groups is 1. The van der Waals surface area contributed by atoms with Gasteiger partial charge in [-0.2, -0.15) is 0 Å². The van der Waals surface area contributed by atoms with Crippen molar-refractivity contribution in [2.24, 2.45) is 0 Å². The maximum absolute atomic E-state index is 11.2. The highest BCUT2D eigenvalue weighted by atomic mass is 35.5. The Labute approximate surface area is 92.9 Å². The van der Waals surface area contributed by atoms with Crippen LogP contribution >= 0.6 is 11.6 Å². The fraction of sp³-hybridized carbons (Fsp3) is 0.364. The van der Waals surface area contributed by atoms with E-state index in [4.69, 9.17) is 21.1 Å². The summed E-state index contributed by atoms with van der Waals surface area (Å²) in [6, 6.07) is 3.23. The highest BCUT2D eigenvalue weighted by Gasteiger charge is 2.32. The van der Waals surface area contributed by atoms with E-state index < -0.39 is 5.79 Å². The number of ketones is 1. The molecular formula is C11H11ClO3. The highest BCUT2D eigenvalue weighted by Crippen LogP contribution is 2.42. The van der Waals surface area contributed by atoms with Crippen LogP contribution in [0.4, 0.5) is 0 Å². The lowest BCUT2D eigenvalue weighted by molar-refractivity contribution is -0.0431. The average Bonchev–Trinajstić information content (AvgIpc) is 2.36. The molecule has 1 aromatic rings. The average molecular weight is 227 g/mol. The third kappa shape index (κ3) is 1.79. The van der Waals surface area contributed by atoms with E-state index in [0.29, 0.717) is 22.1 Å². The Balaban J connectivity index is 2.50. The van der Waals surface area contributed by atoms with Gasteiger partial charge in [0.1, 0.15) is 0 Å². The van der Waals surface area contributed by atoms with Gasteiger partial charge in [-0.15, -0.1) is 0 Å². The zero-order chi connectivity index (χ0) is 11.2. The first-order valence-electron chi connectivity index (χ1n) is 4.61. The van der Waals surface area contributed by atoms with E-state index in [1.54, 1.807) is 26.0 Å². The molecule has 0 atom stereocenters. The predicted molar refractivity (Wildman–Crippen MR) is 56.8 cm³/mol. The molecule has 0 radical (unpaired) electrons. The molecule has 0 N–H and O–H groups in total. The summed E-state index contributed by atoms with van der Waals surface area (Å²) in [5.74, 6) is 0.363. The zero-order valence-corrected chi connectivity index (χ0v) is 9.51. The zero-order valence-electron chi connectivity index (χ0n) is 8.76. The van der Waals surface area contributed by atoms with E-state index >= 15 is 0 Å². The molecule has 3 nitrogen and oxygen atoms in total. The molecule has 0 unspecified atom stereocenters. The Morgan fingerprint density at radius 3 is 2.33 bits per heavy atom. The van der Waals surface area contributed by atoms with E-state index in [-0.39, 0.29) is 5.78 Å². The Bertz CT molecular complexity index is 438. The molecule has 15 heavy (non-hydrogen) atoms. The van der Waals surface area contributed by atoms with E-state index in [1.165, 1.54) is 6.92 Å². The Morgan fingerprint density at radius 1 is 1.27 bits per heavy atom. The highest BCUT2D eigenvalue weighted by molar-refractivity contribution is 6.34. The second kappa shape index (κ2) is 3.14. The van der Waals surface area contributed by atoms with Crippen molar-refractivity contribution in [3.8, 4) is 11.5 Å². The van der Waals surface area contributed by atoms with Crippen LogP contribution in [0.1, 0.15) is 31.1 Å². The van der Waals surface area contributed by atoms with Crippen LogP contribution in [-0.4, -0.2) is 11.6 Å². The molecule has 0 aliphatic carbocycles. The molecule has 80 valence electrons. The SMILES string of the molecule is CC(=O)c1cc2c(cc1Cl)OC(C)(C)O2. The fourth-order valence-electron chi connectivity index (χ4n) is 1.51. The minimum absolute atomic E-state index is 0.0869. The first-order valence-corrected chi connectivity index (χ1v) is 4.99. The summed E-state index contributed by atoms with van der Waals surface area (Å²) in [7, 11) is 0. The first-order chi connectivity index (χ1) is 6.89. The van der Waals surface area contributed by atoms with Crippen molar-refractivity contribution in [1.82, 2.24) is 0 Å². The van der Waals surface area contributed by atoms with Gasteiger partial charge in [0.2, 0.25) is 5.79 Å². The number of benzene rings is 1. The van der Waals surface area contributed by atoms with E-state index in [2.05, 4.69) is 0 Å². The quantitative estimate of drug-likeness (QED) is 0.691. The van der Waals surface area contributed by atoms with Crippen molar-refractivity contribution >= 4 is 17.4 Å². The Kier molecular flexibility index (Phi) is 2.15. The molecule has 0 amide bonds. The van der Waals surface area contributed by atoms with E-state index in [1.807, 2.05) is 0 Å². The molecule has 0 spiro atoms.